The first-order valence-electron chi connectivity index (χ1n) is 14.4. The Morgan fingerprint density at radius 3 is 2.70 bits per heavy atom. The summed E-state index contributed by atoms with van der Waals surface area (Å²) < 4.78 is 7.62. The van der Waals surface area contributed by atoms with E-state index in [2.05, 4.69) is 29.2 Å². The Morgan fingerprint density at radius 1 is 1.18 bits per heavy atom. The van der Waals surface area contributed by atoms with Gasteiger partial charge in [-0.3, -0.25) is 9.59 Å². The third-order valence-corrected chi connectivity index (χ3v) is 9.25. The van der Waals surface area contributed by atoms with Gasteiger partial charge < -0.3 is 25.0 Å². The van der Waals surface area contributed by atoms with Crippen LogP contribution in [0.2, 0.25) is 0 Å². The highest BCUT2D eigenvalue weighted by molar-refractivity contribution is 7.20. The van der Waals surface area contributed by atoms with Gasteiger partial charge in [0.25, 0.3) is 11.8 Å². The summed E-state index contributed by atoms with van der Waals surface area (Å²) in [7, 11) is 2.14. The zero-order valence-corrected chi connectivity index (χ0v) is 24.5. The van der Waals surface area contributed by atoms with Crippen LogP contribution in [-0.2, 0) is 0 Å². The van der Waals surface area contributed by atoms with E-state index in [1.54, 1.807) is 23.1 Å². The number of likely N-dealkylation sites (N-methyl/N-ethyl adjacent to an activating group) is 1. The van der Waals surface area contributed by atoms with Crippen LogP contribution in [0, 0.1) is 11.8 Å². The molecule has 2 heterocycles. The molecule has 0 unspecified atom stereocenters. The second-order valence-electron chi connectivity index (χ2n) is 11.5. The smallest absolute Gasteiger partial charge is 0.284 e. The van der Waals surface area contributed by atoms with E-state index in [-0.39, 0.29) is 36.5 Å². The summed E-state index contributed by atoms with van der Waals surface area (Å²) in [4.78, 5) is 35.6. The second-order valence-corrected chi connectivity index (χ2v) is 12.5. The standard InChI is InChI=1S/C31H40N4O4S/c1-20-16-35(21(2)19-36)31(38)23-12-9-14-25(32-29(37)30-33-24-13-7-8-15-27(24)40-30)28(23)39-26(20)18-34(3)17-22-10-5-4-6-11-22/h7-9,12-15,20-22,26,36H,4-6,10-11,16-19H2,1-3H3,(H,32,37)/t20-,21-,26+/m1/s1. The number of para-hydroxylation sites is 2. The molecule has 40 heavy (non-hydrogen) atoms. The lowest BCUT2D eigenvalue weighted by molar-refractivity contribution is 0.0332. The molecular formula is C31H40N4O4S. The van der Waals surface area contributed by atoms with Gasteiger partial charge in [-0.15, -0.1) is 11.3 Å². The highest BCUT2D eigenvalue weighted by Gasteiger charge is 2.35. The maximum Gasteiger partial charge on any atom is 0.284 e. The first-order chi connectivity index (χ1) is 19.3. The number of carbonyl (C=O) groups is 2. The molecule has 1 aromatic heterocycles. The Morgan fingerprint density at radius 2 is 1.95 bits per heavy atom. The number of aliphatic hydroxyl groups excluding tert-OH is 1. The van der Waals surface area contributed by atoms with Gasteiger partial charge in [0.2, 0.25) is 0 Å². The molecular weight excluding hydrogens is 524 g/mol. The summed E-state index contributed by atoms with van der Waals surface area (Å²) >= 11 is 1.33. The molecule has 2 aliphatic rings. The van der Waals surface area contributed by atoms with Crippen molar-refractivity contribution in [2.75, 3.05) is 38.6 Å². The van der Waals surface area contributed by atoms with Crippen molar-refractivity contribution >= 4 is 39.1 Å². The molecule has 2 amide bonds. The number of benzene rings is 2. The zero-order valence-electron chi connectivity index (χ0n) is 23.6. The lowest BCUT2D eigenvalue weighted by atomic mass is 9.89. The molecule has 214 valence electrons. The molecule has 1 fully saturated rings. The van der Waals surface area contributed by atoms with Crippen LogP contribution in [0.25, 0.3) is 10.2 Å². The minimum Gasteiger partial charge on any atom is -0.486 e. The lowest BCUT2D eigenvalue weighted by Crippen LogP contribution is -2.50. The van der Waals surface area contributed by atoms with Crippen LogP contribution in [0.15, 0.2) is 42.5 Å². The fraction of sp³-hybridized carbons (Fsp3) is 0.516. The number of aliphatic hydroxyl groups is 1. The summed E-state index contributed by atoms with van der Waals surface area (Å²) in [5.41, 5.74) is 1.60. The van der Waals surface area contributed by atoms with Gasteiger partial charge in [-0.05, 0) is 57.0 Å². The van der Waals surface area contributed by atoms with Gasteiger partial charge in [0.05, 0.1) is 34.1 Å². The molecule has 1 aliphatic carbocycles. The van der Waals surface area contributed by atoms with Gasteiger partial charge in [0.15, 0.2) is 10.8 Å². The third kappa shape index (κ3) is 6.32. The minimum absolute atomic E-state index is 0.00734. The van der Waals surface area contributed by atoms with E-state index in [9.17, 15) is 14.7 Å². The number of fused-ring (bicyclic) bond motifs is 2. The van der Waals surface area contributed by atoms with Gasteiger partial charge in [-0.2, -0.15) is 0 Å². The molecule has 8 nitrogen and oxygen atoms in total. The number of hydrogen-bond donors (Lipinski definition) is 2. The Hall–Kier alpha value is -3.01. The molecule has 2 N–H and O–H groups in total. The van der Waals surface area contributed by atoms with Crippen LogP contribution < -0.4 is 10.1 Å². The molecule has 1 saturated carbocycles. The maximum absolute atomic E-state index is 13.8. The monoisotopic (exact) mass is 564 g/mol. The van der Waals surface area contributed by atoms with E-state index in [1.807, 2.05) is 31.2 Å². The number of thiazole rings is 1. The Bertz CT molecular complexity index is 1300. The van der Waals surface area contributed by atoms with Crippen molar-refractivity contribution < 1.29 is 19.4 Å². The maximum atomic E-state index is 13.8. The number of anilines is 1. The largest absolute Gasteiger partial charge is 0.486 e. The van der Waals surface area contributed by atoms with E-state index in [4.69, 9.17) is 4.74 Å². The average molecular weight is 565 g/mol. The molecule has 0 saturated heterocycles. The predicted octanol–water partition coefficient (Wildman–Crippen LogP) is 5.28. The van der Waals surface area contributed by atoms with Crippen molar-refractivity contribution in [3.63, 3.8) is 0 Å². The van der Waals surface area contributed by atoms with Crippen LogP contribution in [0.4, 0.5) is 5.69 Å². The van der Waals surface area contributed by atoms with Gasteiger partial charge >= 0.3 is 0 Å². The van der Waals surface area contributed by atoms with Crippen LogP contribution >= 0.6 is 11.3 Å². The number of amides is 2. The molecule has 9 heteroatoms. The molecule has 5 rings (SSSR count). The zero-order chi connectivity index (χ0) is 28.2. The summed E-state index contributed by atoms with van der Waals surface area (Å²) in [6, 6.07) is 12.6. The van der Waals surface area contributed by atoms with Crippen molar-refractivity contribution in [3.8, 4) is 5.75 Å². The minimum atomic E-state index is -0.345. The number of hydrogen-bond acceptors (Lipinski definition) is 7. The normalized spacial score (nSPS) is 21.0. The molecule has 1 aliphatic heterocycles. The highest BCUT2D eigenvalue weighted by Crippen LogP contribution is 2.36. The summed E-state index contributed by atoms with van der Waals surface area (Å²) in [6.45, 7) is 6.02. The molecule has 0 spiro atoms. The van der Waals surface area contributed by atoms with E-state index in [0.29, 0.717) is 41.0 Å². The van der Waals surface area contributed by atoms with E-state index < -0.39 is 0 Å². The number of rotatable bonds is 8. The number of nitrogens with zero attached hydrogens (tertiary/aromatic N) is 3. The average Bonchev–Trinajstić information content (AvgIpc) is 3.40. The number of ether oxygens (including phenoxy) is 1. The van der Waals surface area contributed by atoms with Crippen molar-refractivity contribution in [1.82, 2.24) is 14.8 Å². The van der Waals surface area contributed by atoms with Crippen LogP contribution in [0.5, 0.6) is 5.75 Å². The van der Waals surface area contributed by atoms with Gasteiger partial charge in [-0.1, -0.05) is 44.4 Å². The summed E-state index contributed by atoms with van der Waals surface area (Å²) in [6.07, 6.45) is 6.26. The second kappa shape index (κ2) is 12.7. The SMILES string of the molecule is C[C@@H]1CN([C@H](C)CO)C(=O)c2cccc(NC(=O)c3nc4ccccc4s3)c2O[C@H]1CN(C)CC1CCCCC1. The van der Waals surface area contributed by atoms with E-state index in [1.165, 1.54) is 43.4 Å². The van der Waals surface area contributed by atoms with Crippen molar-refractivity contribution in [1.29, 1.82) is 0 Å². The Kier molecular flexibility index (Phi) is 9.03. The molecule has 3 atom stereocenters. The fourth-order valence-electron chi connectivity index (χ4n) is 5.90. The first kappa shape index (κ1) is 28.5. The van der Waals surface area contributed by atoms with Crippen LogP contribution in [-0.4, -0.2) is 77.1 Å². The quantitative estimate of drug-likeness (QED) is 0.387. The van der Waals surface area contributed by atoms with Gasteiger partial charge in [0.1, 0.15) is 6.10 Å². The Labute approximate surface area is 240 Å². The topological polar surface area (TPSA) is 95.0 Å². The number of carbonyl (C=O) groups excluding carboxylic acids is 2. The van der Waals surface area contributed by atoms with Gasteiger partial charge in [-0.25, -0.2) is 4.98 Å². The summed E-state index contributed by atoms with van der Waals surface area (Å²) in [5.74, 6) is 0.527. The van der Waals surface area contributed by atoms with Crippen molar-refractivity contribution in [2.24, 2.45) is 11.8 Å². The predicted molar refractivity (Wildman–Crippen MR) is 159 cm³/mol. The fourth-order valence-corrected chi connectivity index (χ4v) is 6.76. The molecule has 3 aromatic rings. The van der Waals surface area contributed by atoms with Crippen LogP contribution in [0.3, 0.4) is 0 Å². The van der Waals surface area contributed by atoms with Crippen molar-refractivity contribution in [3.05, 3.63) is 53.0 Å². The first-order valence-corrected chi connectivity index (χ1v) is 15.2. The molecule has 2 aromatic carbocycles. The number of nitrogens with one attached hydrogen (secondary N) is 1. The molecule has 0 bridgehead atoms. The van der Waals surface area contributed by atoms with E-state index in [0.717, 1.165) is 16.8 Å². The molecule has 0 radical (unpaired) electrons. The Balaban J connectivity index is 1.44. The highest BCUT2D eigenvalue weighted by atomic mass is 32.1. The number of aromatic nitrogens is 1. The van der Waals surface area contributed by atoms with E-state index >= 15 is 0 Å². The summed E-state index contributed by atoms with van der Waals surface area (Å²) in [5, 5.41) is 13.3. The third-order valence-electron chi connectivity index (χ3n) is 8.21. The lowest BCUT2D eigenvalue weighted by Gasteiger charge is -2.39. The van der Waals surface area contributed by atoms with Crippen LogP contribution in [0.1, 0.15) is 66.1 Å². The van der Waals surface area contributed by atoms with Crippen molar-refractivity contribution in [2.45, 2.75) is 58.1 Å². The van der Waals surface area contributed by atoms with Gasteiger partial charge in [0, 0.05) is 25.6 Å².